The molecule has 1 N–H and O–H groups in total. The van der Waals surface area contributed by atoms with Crippen LogP contribution in [0, 0.1) is 17.8 Å². The number of rotatable bonds is 3. The summed E-state index contributed by atoms with van der Waals surface area (Å²) >= 11 is 0. The number of carboxylic acid groups (broad SMARTS) is 1. The summed E-state index contributed by atoms with van der Waals surface area (Å²) in [5, 5.41) is 8.92. The van der Waals surface area contributed by atoms with Crippen molar-refractivity contribution in [3.8, 4) is 11.8 Å². The fourth-order valence-electron chi connectivity index (χ4n) is 1.16. The summed E-state index contributed by atoms with van der Waals surface area (Å²) < 4.78 is 6.19. The topological polar surface area (TPSA) is 46.5 Å². The van der Waals surface area contributed by atoms with Crippen molar-refractivity contribution in [2.75, 3.05) is 0 Å². The summed E-state index contributed by atoms with van der Waals surface area (Å²) in [5.74, 6) is 4.14. The van der Waals surface area contributed by atoms with Gasteiger partial charge in [0.05, 0.1) is 0 Å². The zero-order valence-electron chi connectivity index (χ0n) is 12.8. The van der Waals surface area contributed by atoms with Gasteiger partial charge in [-0.15, -0.1) is 0 Å². The van der Waals surface area contributed by atoms with Gasteiger partial charge >= 0.3 is 5.97 Å². The van der Waals surface area contributed by atoms with E-state index in [-0.39, 0.29) is 5.04 Å². The highest BCUT2D eigenvalue weighted by Gasteiger charge is 2.40. The van der Waals surface area contributed by atoms with Crippen LogP contribution in [0.2, 0.25) is 18.1 Å². The molecule has 0 aliphatic carbocycles. The van der Waals surface area contributed by atoms with Crippen LogP contribution in [0.25, 0.3) is 0 Å². The van der Waals surface area contributed by atoms with Crippen LogP contribution in [0.15, 0.2) is 0 Å². The van der Waals surface area contributed by atoms with Crippen molar-refractivity contribution < 1.29 is 14.3 Å². The Hall–Kier alpha value is -0.793. The molecule has 0 saturated heterocycles. The van der Waals surface area contributed by atoms with Gasteiger partial charge in [-0.25, -0.2) is 0 Å². The molecule has 1 atom stereocenters. The maximum absolute atomic E-state index is 10.7. The van der Waals surface area contributed by atoms with E-state index in [4.69, 9.17) is 9.53 Å². The van der Waals surface area contributed by atoms with Crippen LogP contribution in [-0.4, -0.2) is 25.0 Å². The third-order valence-corrected chi connectivity index (χ3v) is 7.91. The molecule has 0 aliphatic heterocycles. The summed E-state index contributed by atoms with van der Waals surface area (Å²) in [5.41, 5.74) is -0.604. The quantitative estimate of drug-likeness (QED) is 0.630. The average Bonchev–Trinajstić information content (AvgIpc) is 2.10. The lowest BCUT2D eigenvalue weighted by molar-refractivity contribution is -0.139. The van der Waals surface area contributed by atoms with Gasteiger partial charge in [0.1, 0.15) is 11.5 Å². The Balaban J connectivity index is 4.93. The lowest BCUT2D eigenvalue weighted by Crippen LogP contribution is -2.47. The molecule has 0 heterocycles. The van der Waals surface area contributed by atoms with E-state index >= 15 is 0 Å². The maximum Gasteiger partial charge on any atom is 0.318 e. The summed E-state index contributed by atoms with van der Waals surface area (Å²) in [7, 11) is -1.89. The second-order valence-corrected chi connectivity index (χ2v) is 11.4. The van der Waals surface area contributed by atoms with E-state index < -0.39 is 25.8 Å². The minimum atomic E-state index is -1.89. The molecule has 3 nitrogen and oxygen atoms in total. The predicted octanol–water partition coefficient (Wildman–Crippen LogP) is 3.51. The molecular formula is C14H26O3Si. The van der Waals surface area contributed by atoms with Crippen LogP contribution in [0.1, 0.15) is 41.5 Å². The van der Waals surface area contributed by atoms with Crippen LogP contribution in [-0.2, 0) is 9.22 Å². The summed E-state index contributed by atoms with van der Waals surface area (Å²) in [6, 6.07) is 0. The Kier molecular flexibility index (Phi) is 5.22. The molecule has 0 saturated carbocycles. The monoisotopic (exact) mass is 270 g/mol. The molecule has 0 fully saturated rings. The Labute approximate surface area is 112 Å². The lowest BCUT2D eigenvalue weighted by Gasteiger charge is -2.40. The molecule has 0 bridgehead atoms. The first-order valence-corrected chi connectivity index (χ1v) is 9.15. The molecule has 0 spiro atoms. The summed E-state index contributed by atoms with van der Waals surface area (Å²) in [6.45, 7) is 16.2. The van der Waals surface area contributed by atoms with Gasteiger partial charge in [0.15, 0.2) is 8.32 Å². The van der Waals surface area contributed by atoms with Crippen molar-refractivity contribution in [3.63, 3.8) is 0 Å². The predicted molar refractivity (Wildman–Crippen MR) is 76.9 cm³/mol. The zero-order valence-corrected chi connectivity index (χ0v) is 13.8. The number of aliphatic carboxylic acids is 1. The van der Waals surface area contributed by atoms with Crippen molar-refractivity contribution in [1.29, 1.82) is 0 Å². The van der Waals surface area contributed by atoms with Gasteiger partial charge in [0, 0.05) is 0 Å². The normalized spacial score (nSPS) is 14.7. The molecule has 0 aliphatic rings. The third-order valence-electron chi connectivity index (χ3n) is 3.28. The van der Waals surface area contributed by atoms with Gasteiger partial charge in [-0.05, 0) is 38.9 Å². The summed E-state index contributed by atoms with van der Waals surface area (Å²) in [6.07, 6.45) is 0. The molecule has 0 aromatic rings. The average molecular weight is 270 g/mol. The zero-order chi connectivity index (χ0) is 14.8. The van der Waals surface area contributed by atoms with Crippen LogP contribution in [0.3, 0.4) is 0 Å². The van der Waals surface area contributed by atoms with E-state index in [2.05, 4.69) is 45.7 Å². The molecule has 18 heavy (non-hydrogen) atoms. The number of carbonyl (C=O) groups is 1. The third kappa shape index (κ3) is 5.24. The maximum atomic E-state index is 10.7. The van der Waals surface area contributed by atoms with Crippen molar-refractivity contribution in [2.24, 2.45) is 5.92 Å². The molecule has 104 valence electrons. The first kappa shape index (κ1) is 17.2. The smallest absolute Gasteiger partial charge is 0.318 e. The van der Waals surface area contributed by atoms with E-state index in [1.165, 1.54) is 0 Å². The van der Waals surface area contributed by atoms with Crippen LogP contribution in [0.5, 0.6) is 0 Å². The van der Waals surface area contributed by atoms with Gasteiger partial charge in [-0.2, -0.15) is 0 Å². The van der Waals surface area contributed by atoms with Crippen molar-refractivity contribution in [2.45, 2.75) is 65.3 Å². The van der Waals surface area contributed by atoms with Crippen molar-refractivity contribution in [3.05, 3.63) is 0 Å². The Bertz CT molecular complexity index is 367. The molecule has 4 heteroatoms. The standard InChI is InChI=1S/C14H26O3Si/c1-11(12(15)16)9-10-14(5,6)17-18(7,8)13(2,3)4/h11H,1-8H3,(H,15,16). The first-order chi connectivity index (χ1) is 7.78. The SMILES string of the molecule is CC(C#CC(C)(C)O[Si](C)(C)C(C)(C)C)C(=O)O. The fraction of sp³-hybridized carbons (Fsp3) is 0.786. The highest BCUT2D eigenvalue weighted by molar-refractivity contribution is 6.74. The van der Waals surface area contributed by atoms with E-state index in [0.29, 0.717) is 0 Å². The van der Waals surface area contributed by atoms with Crippen LogP contribution >= 0.6 is 0 Å². The molecule has 0 amide bonds. The highest BCUT2D eigenvalue weighted by Crippen LogP contribution is 2.38. The van der Waals surface area contributed by atoms with E-state index in [0.717, 1.165) is 0 Å². The first-order valence-electron chi connectivity index (χ1n) is 6.24. The van der Waals surface area contributed by atoms with Gasteiger partial charge in [0.2, 0.25) is 0 Å². The van der Waals surface area contributed by atoms with E-state index in [1.807, 2.05) is 13.8 Å². The van der Waals surface area contributed by atoms with E-state index in [1.54, 1.807) is 6.92 Å². The molecule has 0 aromatic heterocycles. The van der Waals surface area contributed by atoms with Crippen LogP contribution < -0.4 is 0 Å². The molecule has 1 unspecified atom stereocenters. The molecule has 0 radical (unpaired) electrons. The highest BCUT2D eigenvalue weighted by atomic mass is 28.4. The lowest BCUT2D eigenvalue weighted by atomic mass is 10.1. The van der Waals surface area contributed by atoms with Crippen molar-refractivity contribution >= 4 is 14.3 Å². The minimum absolute atomic E-state index is 0.115. The number of carboxylic acids is 1. The van der Waals surface area contributed by atoms with Gasteiger partial charge in [-0.1, -0.05) is 32.6 Å². The Morgan fingerprint density at radius 2 is 1.67 bits per heavy atom. The summed E-state index contributed by atoms with van der Waals surface area (Å²) in [4.78, 5) is 10.7. The second-order valence-electron chi connectivity index (χ2n) is 6.70. The minimum Gasteiger partial charge on any atom is -0.480 e. The molecule has 0 rings (SSSR count). The molecule has 0 aromatic carbocycles. The van der Waals surface area contributed by atoms with Crippen LogP contribution in [0.4, 0.5) is 0 Å². The Morgan fingerprint density at radius 3 is 2.00 bits per heavy atom. The van der Waals surface area contributed by atoms with Crippen molar-refractivity contribution in [1.82, 2.24) is 0 Å². The largest absolute Gasteiger partial charge is 0.480 e. The Morgan fingerprint density at radius 1 is 1.22 bits per heavy atom. The number of hydrogen-bond donors (Lipinski definition) is 1. The molecular weight excluding hydrogens is 244 g/mol. The fourth-order valence-corrected chi connectivity index (χ4v) is 2.79. The second kappa shape index (κ2) is 5.46. The van der Waals surface area contributed by atoms with E-state index in [9.17, 15) is 4.79 Å². The van der Waals surface area contributed by atoms with Gasteiger partial charge in [0.25, 0.3) is 0 Å². The van der Waals surface area contributed by atoms with Gasteiger partial charge in [-0.3, -0.25) is 4.79 Å². The van der Waals surface area contributed by atoms with Gasteiger partial charge < -0.3 is 9.53 Å². The number of hydrogen-bond acceptors (Lipinski definition) is 2.